The van der Waals surface area contributed by atoms with Crippen molar-refractivity contribution in [1.82, 2.24) is 15.1 Å². The molecule has 3 rings (SSSR count). The number of methoxy groups -OCH3 is 1. The van der Waals surface area contributed by atoms with Gasteiger partial charge in [0.15, 0.2) is 0 Å². The van der Waals surface area contributed by atoms with E-state index in [-0.39, 0.29) is 12.5 Å². The van der Waals surface area contributed by atoms with Gasteiger partial charge in [-0.1, -0.05) is 0 Å². The molecule has 2 N–H and O–H groups in total. The molecule has 0 spiro atoms. The van der Waals surface area contributed by atoms with Gasteiger partial charge in [0.05, 0.1) is 24.1 Å². The number of aryl methyl sites for hydroxylation is 1. The number of hydrogen-bond acceptors (Lipinski definition) is 5. The topological polar surface area (TPSA) is 93.5 Å². The Balaban J connectivity index is 1.81. The Morgan fingerprint density at radius 2 is 2.00 bits per heavy atom. The number of hydrogen-bond donors (Lipinski definition) is 2. The van der Waals surface area contributed by atoms with Crippen molar-refractivity contribution in [2.24, 2.45) is 7.05 Å². The molecule has 2 aromatic heterocycles. The third-order valence-corrected chi connectivity index (χ3v) is 5.38. The van der Waals surface area contributed by atoms with Crippen molar-refractivity contribution in [1.29, 1.82) is 0 Å². The van der Waals surface area contributed by atoms with Crippen LogP contribution >= 0.6 is 11.3 Å². The lowest BCUT2D eigenvalue weighted by Gasteiger charge is -2.13. The molecule has 0 unspecified atom stereocenters. The Bertz CT molecular complexity index is 794. The summed E-state index contributed by atoms with van der Waals surface area (Å²) in [4.78, 5) is 24.8. The quantitative estimate of drug-likeness (QED) is 0.861. The minimum Gasteiger partial charge on any atom is -0.480 e. The monoisotopic (exact) mass is 349 g/mol. The first-order valence-electron chi connectivity index (χ1n) is 7.73. The Morgan fingerprint density at radius 3 is 2.62 bits per heavy atom. The highest BCUT2D eigenvalue weighted by Crippen LogP contribution is 2.34. The van der Waals surface area contributed by atoms with Gasteiger partial charge >= 0.3 is 5.97 Å². The van der Waals surface area contributed by atoms with Gasteiger partial charge in [-0.15, -0.1) is 16.4 Å². The zero-order valence-electron chi connectivity index (χ0n) is 13.6. The number of nitrogens with zero attached hydrogens (tertiary/aromatic N) is 2. The smallest absolute Gasteiger partial charge is 0.346 e. The zero-order valence-corrected chi connectivity index (χ0v) is 14.4. The molecule has 0 aliphatic heterocycles. The summed E-state index contributed by atoms with van der Waals surface area (Å²) in [6.07, 6.45) is 5.23. The number of aromatic carboxylic acids is 1. The van der Waals surface area contributed by atoms with Gasteiger partial charge < -0.3 is 15.2 Å². The van der Waals surface area contributed by atoms with Crippen LogP contribution in [0.15, 0.2) is 6.20 Å². The Kier molecular flexibility index (Phi) is 4.57. The van der Waals surface area contributed by atoms with Crippen LogP contribution in [0.1, 0.15) is 48.9 Å². The molecule has 0 radical (unpaired) electrons. The van der Waals surface area contributed by atoms with Crippen LogP contribution in [0.3, 0.4) is 0 Å². The molecule has 0 fully saturated rings. The summed E-state index contributed by atoms with van der Waals surface area (Å²) in [5.74, 6) is -0.722. The first-order chi connectivity index (χ1) is 11.5. The summed E-state index contributed by atoms with van der Waals surface area (Å²) < 4.78 is 6.79. The molecule has 1 amide bonds. The number of ether oxygens (including phenoxy) is 1. The van der Waals surface area contributed by atoms with Gasteiger partial charge in [-0.2, -0.15) is 0 Å². The molecular formula is C16H19N3O4S. The summed E-state index contributed by atoms with van der Waals surface area (Å²) in [6.45, 7) is 0.283. The predicted octanol–water partition coefficient (Wildman–Crippen LogP) is 2.00. The van der Waals surface area contributed by atoms with Gasteiger partial charge in [0, 0.05) is 13.2 Å². The molecule has 1 aliphatic rings. The summed E-state index contributed by atoms with van der Waals surface area (Å²) >= 11 is 1.08. The Morgan fingerprint density at radius 1 is 1.33 bits per heavy atom. The van der Waals surface area contributed by atoms with E-state index in [1.54, 1.807) is 17.9 Å². The maximum atomic E-state index is 12.6. The highest BCUT2D eigenvalue weighted by atomic mass is 32.1. The van der Waals surface area contributed by atoms with Gasteiger partial charge in [0.2, 0.25) is 5.88 Å². The van der Waals surface area contributed by atoms with Crippen molar-refractivity contribution in [3.05, 3.63) is 32.6 Å². The minimum atomic E-state index is -0.953. The molecule has 8 heteroatoms. The van der Waals surface area contributed by atoms with Crippen molar-refractivity contribution in [2.45, 2.75) is 32.2 Å². The minimum absolute atomic E-state index is 0.239. The highest BCUT2D eigenvalue weighted by Gasteiger charge is 2.27. The van der Waals surface area contributed by atoms with Gasteiger partial charge in [-0.25, -0.2) is 4.79 Å². The van der Waals surface area contributed by atoms with E-state index in [0.717, 1.165) is 53.7 Å². The molecule has 2 aromatic rings. The van der Waals surface area contributed by atoms with E-state index in [0.29, 0.717) is 15.6 Å². The number of aromatic nitrogens is 2. The Hall–Kier alpha value is -2.35. The number of nitrogens with one attached hydrogen (secondary N) is 1. The third-order valence-electron chi connectivity index (χ3n) is 4.12. The number of carbonyl (C=O) groups is 2. The van der Waals surface area contributed by atoms with Crippen LogP contribution in [0, 0.1) is 0 Å². The van der Waals surface area contributed by atoms with Crippen molar-refractivity contribution < 1.29 is 19.4 Å². The number of fused-ring (bicyclic) bond motifs is 1. The molecule has 0 atom stereocenters. The summed E-state index contributed by atoms with van der Waals surface area (Å²) in [5.41, 5.74) is 2.51. The van der Waals surface area contributed by atoms with Crippen molar-refractivity contribution in [2.75, 3.05) is 7.11 Å². The fourth-order valence-corrected chi connectivity index (χ4v) is 4.21. The molecule has 128 valence electrons. The molecule has 0 saturated heterocycles. The number of amides is 1. The number of thiophene rings is 1. The van der Waals surface area contributed by atoms with Crippen molar-refractivity contribution in [3.63, 3.8) is 0 Å². The summed E-state index contributed by atoms with van der Waals surface area (Å²) in [7, 11) is 3.31. The largest absolute Gasteiger partial charge is 0.480 e. The first kappa shape index (κ1) is 16.5. The number of carboxylic acid groups (broad SMARTS) is 1. The second kappa shape index (κ2) is 6.64. The highest BCUT2D eigenvalue weighted by molar-refractivity contribution is 7.16. The predicted molar refractivity (Wildman–Crippen MR) is 88.9 cm³/mol. The van der Waals surface area contributed by atoms with Crippen LogP contribution in [-0.4, -0.2) is 33.9 Å². The lowest BCUT2D eigenvalue weighted by atomic mass is 9.92. The van der Waals surface area contributed by atoms with Gasteiger partial charge in [0.1, 0.15) is 4.88 Å². The maximum Gasteiger partial charge on any atom is 0.346 e. The van der Waals surface area contributed by atoms with E-state index >= 15 is 0 Å². The Labute approximate surface area is 143 Å². The van der Waals surface area contributed by atoms with Gasteiger partial charge in [0.25, 0.3) is 5.91 Å². The molecule has 24 heavy (non-hydrogen) atoms. The fourth-order valence-electron chi connectivity index (χ4n) is 3.05. The molecule has 0 aromatic carbocycles. The van der Waals surface area contributed by atoms with Crippen LogP contribution < -0.4 is 10.1 Å². The average Bonchev–Trinajstić information content (AvgIpc) is 3.13. The lowest BCUT2D eigenvalue weighted by molar-refractivity contribution is 0.0700. The van der Waals surface area contributed by atoms with Crippen LogP contribution in [0.25, 0.3) is 0 Å². The normalized spacial score (nSPS) is 13.4. The summed E-state index contributed by atoms with van der Waals surface area (Å²) in [5, 5.41) is 16.4. The molecule has 1 aliphatic carbocycles. The second-order valence-corrected chi connectivity index (χ2v) is 6.77. The molecule has 7 nitrogen and oxygen atoms in total. The van der Waals surface area contributed by atoms with E-state index in [9.17, 15) is 14.7 Å². The van der Waals surface area contributed by atoms with Gasteiger partial charge in [-0.05, 0) is 36.8 Å². The first-order valence-corrected chi connectivity index (χ1v) is 8.55. The molecule has 0 bridgehead atoms. The lowest BCUT2D eigenvalue weighted by Crippen LogP contribution is -2.23. The van der Waals surface area contributed by atoms with Crippen LogP contribution in [0.5, 0.6) is 5.88 Å². The zero-order chi connectivity index (χ0) is 17.3. The van der Waals surface area contributed by atoms with Crippen molar-refractivity contribution in [3.8, 4) is 5.88 Å². The third kappa shape index (κ3) is 3.01. The molecular weight excluding hydrogens is 330 g/mol. The average molecular weight is 349 g/mol. The van der Waals surface area contributed by atoms with Crippen molar-refractivity contribution >= 4 is 23.2 Å². The van der Waals surface area contributed by atoms with E-state index in [2.05, 4.69) is 10.4 Å². The SMILES string of the molecule is COc1nn(C)cc1CNC(=O)c1sc(C(=O)O)c2c1CCCC2. The van der Waals surface area contributed by atoms with E-state index in [1.165, 1.54) is 7.11 Å². The van der Waals surface area contributed by atoms with Crippen LogP contribution in [0.2, 0.25) is 0 Å². The standard InChI is InChI=1S/C16H19N3O4S/c1-19-8-9(15(18-19)23-2)7-17-14(20)12-10-5-3-4-6-11(10)13(24-12)16(21)22/h8H,3-7H2,1-2H3,(H,17,20)(H,21,22). The number of carboxylic acids is 1. The van der Waals surface area contributed by atoms with Gasteiger partial charge in [-0.3, -0.25) is 9.48 Å². The fraction of sp³-hybridized carbons (Fsp3) is 0.438. The second-order valence-electron chi connectivity index (χ2n) is 5.75. The van der Waals surface area contributed by atoms with E-state index < -0.39 is 5.97 Å². The van der Waals surface area contributed by atoms with Crippen LogP contribution in [-0.2, 0) is 26.4 Å². The van der Waals surface area contributed by atoms with E-state index in [1.807, 2.05) is 0 Å². The molecule has 2 heterocycles. The van der Waals surface area contributed by atoms with Crippen LogP contribution in [0.4, 0.5) is 0 Å². The number of carbonyl (C=O) groups excluding carboxylic acids is 1. The molecule has 0 saturated carbocycles. The summed E-state index contributed by atoms with van der Waals surface area (Å²) in [6, 6.07) is 0. The van der Waals surface area contributed by atoms with E-state index in [4.69, 9.17) is 4.74 Å². The maximum absolute atomic E-state index is 12.6. The number of rotatable bonds is 5.